The van der Waals surface area contributed by atoms with E-state index in [0.717, 1.165) is 16.7 Å². The molecule has 0 radical (unpaired) electrons. The van der Waals surface area contributed by atoms with E-state index < -0.39 is 29.4 Å². The second kappa shape index (κ2) is 11.1. The first kappa shape index (κ1) is 28.0. The predicted octanol–water partition coefficient (Wildman–Crippen LogP) is 5.61. The lowest BCUT2D eigenvalue weighted by Gasteiger charge is -2.38. The molecule has 1 saturated heterocycles. The number of rotatable bonds is 7. The third kappa shape index (κ3) is 5.29. The van der Waals surface area contributed by atoms with Crippen LogP contribution < -0.4 is 4.74 Å². The maximum atomic E-state index is 14.7. The Labute approximate surface area is 240 Å². The van der Waals surface area contributed by atoms with Crippen molar-refractivity contribution in [3.8, 4) is 5.75 Å². The fourth-order valence-corrected chi connectivity index (χ4v) is 5.98. The van der Waals surface area contributed by atoms with Crippen LogP contribution in [-0.4, -0.2) is 49.5 Å². The Morgan fingerprint density at radius 2 is 1.76 bits per heavy atom. The van der Waals surface area contributed by atoms with Crippen LogP contribution in [0.3, 0.4) is 0 Å². The first-order valence-corrected chi connectivity index (χ1v) is 13.6. The highest BCUT2D eigenvalue weighted by molar-refractivity contribution is 5.99. The Balaban J connectivity index is 1.73. The first-order valence-electron chi connectivity index (χ1n) is 13.6. The zero-order valence-corrected chi connectivity index (χ0v) is 23.7. The second-order valence-corrected chi connectivity index (χ2v) is 11.5. The molecule has 2 aromatic heterocycles. The van der Waals surface area contributed by atoms with Crippen LogP contribution in [0.15, 0.2) is 91.6 Å². The molecule has 0 bridgehead atoms. The van der Waals surface area contributed by atoms with Crippen LogP contribution in [0.1, 0.15) is 71.9 Å². The number of methoxy groups -OCH3 is 1. The Hall–Kier alpha value is -4.59. The summed E-state index contributed by atoms with van der Waals surface area (Å²) in [4.78, 5) is 42.9. The summed E-state index contributed by atoms with van der Waals surface area (Å²) in [6.45, 7) is 6.23. The molecule has 5 rings (SSSR count). The molecule has 1 aliphatic rings. The van der Waals surface area contributed by atoms with Crippen LogP contribution >= 0.6 is 0 Å². The van der Waals surface area contributed by atoms with Gasteiger partial charge >= 0.3 is 5.97 Å². The molecule has 0 aliphatic carbocycles. The minimum Gasteiger partial charge on any atom is -0.496 e. The van der Waals surface area contributed by atoms with Gasteiger partial charge in [0.1, 0.15) is 11.3 Å². The van der Waals surface area contributed by atoms with Crippen molar-refractivity contribution >= 4 is 11.9 Å². The SMILES string of the molecule is COc1cc(C(=O)N2[C@@H](c3cccnc3)[C@@H](c3cnccn3)C[C@@]2(Cc2ccccc2)C(=O)O)ccc1C(C)(C)C. The normalized spacial score (nSPS) is 20.5. The smallest absolute Gasteiger partial charge is 0.330 e. The molecule has 8 nitrogen and oxygen atoms in total. The number of carboxylic acids is 1. The topological polar surface area (TPSA) is 106 Å². The van der Waals surface area contributed by atoms with Gasteiger partial charge in [0.05, 0.1) is 18.8 Å². The number of benzene rings is 2. The molecule has 0 unspecified atom stereocenters. The van der Waals surface area contributed by atoms with Crippen molar-refractivity contribution in [3.63, 3.8) is 0 Å². The molecule has 41 heavy (non-hydrogen) atoms. The number of carbonyl (C=O) groups excluding carboxylic acids is 1. The Bertz CT molecular complexity index is 1520. The predicted molar refractivity (Wildman–Crippen MR) is 155 cm³/mol. The highest BCUT2D eigenvalue weighted by atomic mass is 16.5. The van der Waals surface area contributed by atoms with Gasteiger partial charge in [-0.3, -0.25) is 19.7 Å². The van der Waals surface area contributed by atoms with Crippen molar-refractivity contribution in [1.82, 2.24) is 19.9 Å². The molecule has 0 saturated carbocycles. The number of aliphatic carboxylic acids is 1. The Kier molecular flexibility index (Phi) is 7.58. The lowest BCUT2D eigenvalue weighted by atomic mass is 9.83. The highest BCUT2D eigenvalue weighted by Crippen LogP contribution is 2.53. The van der Waals surface area contributed by atoms with Gasteiger partial charge in [-0.25, -0.2) is 4.79 Å². The molecule has 0 spiro atoms. The number of amides is 1. The lowest BCUT2D eigenvalue weighted by Crippen LogP contribution is -2.55. The molecule has 1 fully saturated rings. The summed E-state index contributed by atoms with van der Waals surface area (Å²) in [5.41, 5.74) is 1.68. The van der Waals surface area contributed by atoms with E-state index in [1.807, 2.05) is 42.5 Å². The van der Waals surface area contributed by atoms with E-state index >= 15 is 0 Å². The highest BCUT2D eigenvalue weighted by Gasteiger charge is 2.59. The molecule has 3 heterocycles. The van der Waals surface area contributed by atoms with Gasteiger partial charge in [-0.15, -0.1) is 0 Å². The molecule has 1 amide bonds. The number of likely N-dealkylation sites (tertiary alicyclic amines) is 1. The summed E-state index contributed by atoms with van der Waals surface area (Å²) in [6, 6.07) is 17.8. The summed E-state index contributed by atoms with van der Waals surface area (Å²) in [5, 5.41) is 11.0. The second-order valence-electron chi connectivity index (χ2n) is 11.5. The molecule has 210 valence electrons. The molecular formula is C33H34N4O4. The Morgan fingerprint density at radius 1 is 1.00 bits per heavy atom. The number of aromatic nitrogens is 3. The standard InChI is InChI=1S/C33H34N4O4/c1-32(2,3)26-13-12-23(17-28(26)41-4)30(38)37-29(24-11-8-14-34-20-24)25(27-21-35-15-16-36-27)19-33(37,31(39)40)18-22-9-6-5-7-10-22/h5-17,20-21,25,29H,18-19H2,1-4H3,(H,39,40)/t25-,29+,33+/m1/s1. The molecule has 8 heteroatoms. The molecule has 3 atom stereocenters. The minimum absolute atomic E-state index is 0.125. The van der Waals surface area contributed by atoms with Crippen molar-refractivity contribution in [3.05, 3.63) is 120 Å². The minimum atomic E-state index is -1.57. The van der Waals surface area contributed by atoms with Gasteiger partial charge in [-0.2, -0.15) is 0 Å². The number of carbonyl (C=O) groups is 2. The maximum Gasteiger partial charge on any atom is 0.330 e. The van der Waals surface area contributed by atoms with Gasteiger partial charge in [0.25, 0.3) is 5.91 Å². The average Bonchev–Trinajstić information content (AvgIpc) is 3.33. The van der Waals surface area contributed by atoms with Crippen LogP contribution in [0.5, 0.6) is 5.75 Å². The summed E-state index contributed by atoms with van der Waals surface area (Å²) in [7, 11) is 1.58. The maximum absolute atomic E-state index is 14.7. The van der Waals surface area contributed by atoms with E-state index in [1.165, 1.54) is 0 Å². The van der Waals surface area contributed by atoms with Crippen molar-refractivity contribution < 1.29 is 19.4 Å². The largest absolute Gasteiger partial charge is 0.496 e. The number of hydrogen-bond acceptors (Lipinski definition) is 6. The van der Waals surface area contributed by atoms with E-state index in [4.69, 9.17) is 4.74 Å². The molecule has 2 aromatic carbocycles. The fraction of sp³-hybridized carbons (Fsp3) is 0.303. The summed E-state index contributed by atoms with van der Waals surface area (Å²) in [6.07, 6.45) is 8.45. The van der Waals surface area contributed by atoms with Crippen LogP contribution in [0.2, 0.25) is 0 Å². The van der Waals surface area contributed by atoms with Gasteiger partial charge < -0.3 is 14.7 Å². The summed E-state index contributed by atoms with van der Waals surface area (Å²) >= 11 is 0. The zero-order valence-electron chi connectivity index (χ0n) is 23.7. The average molecular weight is 551 g/mol. The van der Waals surface area contributed by atoms with Gasteiger partial charge in [0.2, 0.25) is 0 Å². The van der Waals surface area contributed by atoms with Gasteiger partial charge in [-0.1, -0.05) is 63.2 Å². The zero-order chi connectivity index (χ0) is 29.2. The number of nitrogens with zero attached hydrogens (tertiary/aromatic N) is 4. The van der Waals surface area contributed by atoms with Crippen LogP contribution in [0, 0.1) is 0 Å². The number of ether oxygens (including phenoxy) is 1. The van der Waals surface area contributed by atoms with Gasteiger partial charge in [0, 0.05) is 48.9 Å². The molecule has 1 N–H and O–H groups in total. The van der Waals surface area contributed by atoms with Crippen LogP contribution in [0.25, 0.3) is 0 Å². The van der Waals surface area contributed by atoms with Crippen molar-refractivity contribution in [2.24, 2.45) is 0 Å². The third-order valence-electron chi connectivity index (χ3n) is 7.88. The number of carboxylic acid groups (broad SMARTS) is 1. The van der Waals surface area contributed by atoms with E-state index in [9.17, 15) is 14.7 Å². The van der Waals surface area contributed by atoms with Crippen molar-refractivity contribution in [2.75, 3.05) is 7.11 Å². The number of pyridine rings is 1. The van der Waals surface area contributed by atoms with E-state index in [2.05, 4.69) is 35.7 Å². The van der Waals surface area contributed by atoms with E-state index in [1.54, 1.807) is 61.2 Å². The summed E-state index contributed by atoms with van der Waals surface area (Å²) < 4.78 is 5.71. The van der Waals surface area contributed by atoms with Crippen molar-refractivity contribution in [2.45, 2.75) is 56.5 Å². The van der Waals surface area contributed by atoms with E-state index in [-0.39, 0.29) is 18.3 Å². The molecule has 4 aromatic rings. The van der Waals surface area contributed by atoms with E-state index in [0.29, 0.717) is 17.0 Å². The quantitative estimate of drug-likeness (QED) is 0.319. The fourth-order valence-electron chi connectivity index (χ4n) is 5.98. The third-order valence-corrected chi connectivity index (χ3v) is 7.88. The number of hydrogen-bond donors (Lipinski definition) is 1. The van der Waals surface area contributed by atoms with Crippen molar-refractivity contribution in [1.29, 1.82) is 0 Å². The van der Waals surface area contributed by atoms with Crippen LogP contribution in [0.4, 0.5) is 0 Å². The van der Waals surface area contributed by atoms with Gasteiger partial charge in [0.15, 0.2) is 0 Å². The molecule has 1 aliphatic heterocycles. The Morgan fingerprint density at radius 3 is 2.37 bits per heavy atom. The van der Waals surface area contributed by atoms with Crippen LogP contribution in [-0.2, 0) is 16.6 Å². The lowest BCUT2D eigenvalue weighted by molar-refractivity contribution is -0.149. The monoisotopic (exact) mass is 550 g/mol. The van der Waals surface area contributed by atoms with Gasteiger partial charge in [-0.05, 0) is 46.7 Å². The summed E-state index contributed by atoms with van der Waals surface area (Å²) in [5.74, 6) is -1.34. The molecular weight excluding hydrogens is 516 g/mol. The first-order chi connectivity index (χ1) is 19.7.